The molecule has 4 aromatic rings. The number of para-hydroxylation sites is 1. The summed E-state index contributed by atoms with van der Waals surface area (Å²) in [6, 6.07) is 12.9. The Balaban J connectivity index is 1.22. The van der Waals surface area contributed by atoms with Crippen molar-refractivity contribution in [1.82, 2.24) is 25.3 Å². The second kappa shape index (κ2) is 11.2. The number of anilines is 4. The molecule has 0 fully saturated rings. The van der Waals surface area contributed by atoms with Gasteiger partial charge < -0.3 is 32.1 Å². The smallest absolute Gasteiger partial charge is 0.326 e. The molecule has 204 valence electrons. The predicted octanol–water partition coefficient (Wildman–Crippen LogP) is 1.75. The molecule has 0 spiro atoms. The number of nitrogens with zero attached hydrogens (tertiary/aromatic N) is 5. The largest absolute Gasteiger partial charge is 0.480 e. The minimum absolute atomic E-state index is 0.0311. The fourth-order valence-electron chi connectivity index (χ4n) is 4.55. The molecule has 2 aromatic carbocycles. The van der Waals surface area contributed by atoms with Crippen molar-refractivity contribution in [2.24, 2.45) is 0 Å². The molecule has 13 nitrogen and oxygen atoms in total. The van der Waals surface area contributed by atoms with E-state index in [0.29, 0.717) is 47.6 Å². The number of carboxylic acids is 1. The van der Waals surface area contributed by atoms with E-state index < -0.39 is 17.9 Å². The number of nitrogens with two attached hydrogens (primary N) is 2. The number of benzene rings is 2. The summed E-state index contributed by atoms with van der Waals surface area (Å²) in [5.74, 6) is -1.88. The van der Waals surface area contributed by atoms with Gasteiger partial charge in [-0.05, 0) is 48.7 Å². The van der Waals surface area contributed by atoms with Crippen LogP contribution in [0, 0.1) is 0 Å². The summed E-state index contributed by atoms with van der Waals surface area (Å²) >= 11 is 0. The second-order valence-corrected chi connectivity index (χ2v) is 9.33. The first kappa shape index (κ1) is 26.3. The van der Waals surface area contributed by atoms with Crippen molar-refractivity contribution in [2.75, 3.05) is 28.2 Å². The van der Waals surface area contributed by atoms with Crippen LogP contribution in [0.15, 0.2) is 54.7 Å². The molecule has 2 amide bonds. The molecule has 2 aromatic heterocycles. The van der Waals surface area contributed by atoms with Gasteiger partial charge in [-0.15, -0.1) is 0 Å². The Bertz CT molecular complexity index is 1600. The van der Waals surface area contributed by atoms with E-state index in [1.807, 2.05) is 12.1 Å². The molecule has 0 aliphatic carbocycles. The van der Waals surface area contributed by atoms with Crippen LogP contribution < -0.4 is 27.0 Å². The molecule has 0 radical (unpaired) electrons. The number of aliphatic carboxylic acids is 1. The van der Waals surface area contributed by atoms with E-state index >= 15 is 0 Å². The zero-order valence-corrected chi connectivity index (χ0v) is 21.4. The van der Waals surface area contributed by atoms with E-state index in [9.17, 15) is 19.5 Å². The van der Waals surface area contributed by atoms with Gasteiger partial charge in [0.1, 0.15) is 6.04 Å². The number of carbonyl (C=O) groups excluding carboxylic acids is 2. The molecule has 3 heterocycles. The second-order valence-electron chi connectivity index (χ2n) is 9.33. The molecular weight excluding hydrogens is 514 g/mol. The number of rotatable bonds is 9. The Labute approximate surface area is 228 Å². The Morgan fingerprint density at radius 3 is 2.62 bits per heavy atom. The van der Waals surface area contributed by atoms with Gasteiger partial charge in [0.15, 0.2) is 17.0 Å². The number of carbonyl (C=O) groups is 3. The highest BCUT2D eigenvalue weighted by atomic mass is 16.4. The quantitative estimate of drug-likeness (QED) is 0.206. The molecule has 1 aliphatic heterocycles. The number of carboxylic acid groups (broad SMARTS) is 1. The summed E-state index contributed by atoms with van der Waals surface area (Å²) in [4.78, 5) is 55.8. The first-order chi connectivity index (χ1) is 19.3. The first-order valence-corrected chi connectivity index (χ1v) is 12.6. The number of amides is 2. The third-order valence-corrected chi connectivity index (χ3v) is 6.51. The highest BCUT2D eigenvalue weighted by Gasteiger charge is 2.25. The summed E-state index contributed by atoms with van der Waals surface area (Å²) < 4.78 is 0. The van der Waals surface area contributed by atoms with Crippen molar-refractivity contribution in [2.45, 2.75) is 31.8 Å². The number of nitrogens with one attached hydrogen (secondary N) is 2. The molecular formula is C27H27N9O4. The van der Waals surface area contributed by atoms with E-state index in [-0.39, 0.29) is 30.5 Å². The van der Waals surface area contributed by atoms with Gasteiger partial charge in [-0.25, -0.2) is 14.8 Å². The molecule has 1 atom stereocenters. The summed E-state index contributed by atoms with van der Waals surface area (Å²) in [5.41, 5.74) is 15.8. The van der Waals surface area contributed by atoms with Crippen LogP contribution in [0.4, 0.5) is 23.1 Å². The lowest BCUT2D eigenvalue weighted by molar-refractivity contribution is -0.139. The summed E-state index contributed by atoms with van der Waals surface area (Å²) in [6.07, 6.45) is 2.20. The van der Waals surface area contributed by atoms with Crippen molar-refractivity contribution >= 4 is 52.1 Å². The van der Waals surface area contributed by atoms with Gasteiger partial charge >= 0.3 is 5.97 Å². The molecule has 1 unspecified atom stereocenters. The summed E-state index contributed by atoms with van der Waals surface area (Å²) in [5, 5.41) is 14.9. The molecule has 7 N–H and O–H groups in total. The third kappa shape index (κ3) is 5.88. The van der Waals surface area contributed by atoms with Gasteiger partial charge in [0.2, 0.25) is 11.9 Å². The number of hydrogen-bond donors (Lipinski definition) is 5. The van der Waals surface area contributed by atoms with Crippen molar-refractivity contribution < 1.29 is 19.5 Å². The van der Waals surface area contributed by atoms with Crippen LogP contribution in [0.2, 0.25) is 0 Å². The van der Waals surface area contributed by atoms with Crippen LogP contribution in [0.5, 0.6) is 0 Å². The number of fused-ring (bicyclic) bond motifs is 2. The maximum Gasteiger partial charge on any atom is 0.326 e. The Kier molecular flexibility index (Phi) is 7.35. The summed E-state index contributed by atoms with van der Waals surface area (Å²) in [6.45, 7) is 1.15. The van der Waals surface area contributed by atoms with Crippen molar-refractivity contribution in [3.63, 3.8) is 0 Å². The zero-order valence-electron chi connectivity index (χ0n) is 21.4. The Morgan fingerprint density at radius 1 is 1.05 bits per heavy atom. The molecule has 1 aliphatic rings. The molecule has 0 bridgehead atoms. The third-order valence-electron chi connectivity index (χ3n) is 6.51. The standard InChI is InChI=1S/C27H27N9O4/c28-23-22-24(35-27(29)34-23)30-13-18(32-22)14-36-11-10-15-12-16(6-8-20(15)36)25(38)33-19(26(39)40)7-9-21(37)31-17-4-2-1-3-5-17/h1-6,8,12-13,19H,7,9-11,14H2,(H,31,37)(H,33,38)(H,39,40)(H4,28,29,30,34,35). The van der Waals surface area contributed by atoms with E-state index in [2.05, 4.69) is 35.5 Å². The van der Waals surface area contributed by atoms with Gasteiger partial charge in [0, 0.05) is 29.9 Å². The van der Waals surface area contributed by atoms with Gasteiger partial charge in [-0.2, -0.15) is 9.97 Å². The van der Waals surface area contributed by atoms with Gasteiger partial charge in [-0.3, -0.25) is 9.59 Å². The zero-order chi connectivity index (χ0) is 28.2. The fraction of sp³-hybridized carbons (Fsp3) is 0.222. The van der Waals surface area contributed by atoms with Crippen molar-refractivity contribution in [3.05, 3.63) is 71.5 Å². The fourth-order valence-corrected chi connectivity index (χ4v) is 4.55. The summed E-state index contributed by atoms with van der Waals surface area (Å²) in [7, 11) is 0. The monoisotopic (exact) mass is 541 g/mol. The normalized spacial score (nSPS) is 13.1. The first-order valence-electron chi connectivity index (χ1n) is 12.6. The lowest BCUT2D eigenvalue weighted by atomic mass is 10.1. The van der Waals surface area contributed by atoms with Crippen molar-refractivity contribution in [3.8, 4) is 0 Å². The molecule has 40 heavy (non-hydrogen) atoms. The number of hydrogen-bond acceptors (Lipinski definition) is 10. The van der Waals surface area contributed by atoms with Gasteiger partial charge in [0.05, 0.1) is 18.4 Å². The number of nitrogen functional groups attached to an aromatic ring is 2. The van der Waals surface area contributed by atoms with Crippen LogP contribution in [0.1, 0.15) is 34.5 Å². The maximum absolute atomic E-state index is 12.9. The maximum atomic E-state index is 12.9. The van der Waals surface area contributed by atoms with Crippen LogP contribution in [0.3, 0.4) is 0 Å². The highest BCUT2D eigenvalue weighted by Crippen LogP contribution is 2.30. The molecule has 0 saturated carbocycles. The minimum atomic E-state index is -1.21. The Hall–Kier alpha value is -5.33. The average molecular weight is 542 g/mol. The van der Waals surface area contributed by atoms with E-state index in [1.54, 1.807) is 42.6 Å². The lowest BCUT2D eigenvalue weighted by Gasteiger charge is -2.19. The molecule has 13 heteroatoms. The van der Waals surface area contributed by atoms with Crippen LogP contribution >= 0.6 is 0 Å². The van der Waals surface area contributed by atoms with Crippen LogP contribution in [0.25, 0.3) is 11.2 Å². The molecule has 5 rings (SSSR count). The number of aromatic nitrogens is 4. The van der Waals surface area contributed by atoms with Crippen molar-refractivity contribution in [1.29, 1.82) is 0 Å². The topological polar surface area (TPSA) is 202 Å². The van der Waals surface area contributed by atoms with E-state index in [0.717, 1.165) is 11.3 Å². The van der Waals surface area contributed by atoms with Crippen LogP contribution in [-0.4, -0.2) is 55.4 Å². The van der Waals surface area contributed by atoms with E-state index in [1.165, 1.54) is 0 Å². The Morgan fingerprint density at radius 2 is 1.85 bits per heavy atom. The predicted molar refractivity (Wildman–Crippen MR) is 148 cm³/mol. The van der Waals surface area contributed by atoms with Gasteiger partial charge in [0.25, 0.3) is 5.91 Å². The highest BCUT2D eigenvalue weighted by molar-refractivity contribution is 5.97. The molecule has 0 saturated heterocycles. The van der Waals surface area contributed by atoms with Crippen LogP contribution in [-0.2, 0) is 22.6 Å². The van der Waals surface area contributed by atoms with E-state index in [4.69, 9.17) is 11.5 Å². The lowest BCUT2D eigenvalue weighted by Crippen LogP contribution is -2.41. The average Bonchev–Trinajstić information content (AvgIpc) is 3.33. The van der Waals surface area contributed by atoms with Gasteiger partial charge in [-0.1, -0.05) is 18.2 Å². The minimum Gasteiger partial charge on any atom is -0.480 e. The SMILES string of the molecule is Nc1nc(N)c2nc(CN3CCc4cc(C(=O)NC(CCC(=O)Nc5ccccc5)C(=O)O)ccc43)cnc2n1.